The molecule has 2 aliphatic rings. The maximum Gasteiger partial charge on any atom is 0.308 e. The van der Waals surface area contributed by atoms with Gasteiger partial charge >= 0.3 is 5.97 Å². The van der Waals surface area contributed by atoms with Gasteiger partial charge in [-0.1, -0.05) is 19.3 Å². The van der Waals surface area contributed by atoms with E-state index in [1.165, 1.54) is 19.3 Å². The van der Waals surface area contributed by atoms with Crippen LogP contribution in [-0.4, -0.2) is 46.9 Å². The maximum absolute atomic E-state index is 12.4. The molecular formula is C17H28N2O4. The second kappa shape index (κ2) is 8.31. The highest BCUT2D eigenvalue weighted by Crippen LogP contribution is 2.26. The van der Waals surface area contributed by atoms with Gasteiger partial charge in [0, 0.05) is 19.5 Å². The molecule has 0 aromatic heterocycles. The van der Waals surface area contributed by atoms with Gasteiger partial charge < -0.3 is 15.3 Å². The highest BCUT2D eigenvalue weighted by molar-refractivity contribution is 5.87. The number of piperidine rings is 1. The van der Waals surface area contributed by atoms with Gasteiger partial charge in [-0.15, -0.1) is 0 Å². The van der Waals surface area contributed by atoms with Crippen LogP contribution in [0.5, 0.6) is 0 Å². The Hall–Kier alpha value is -1.59. The van der Waals surface area contributed by atoms with Gasteiger partial charge in [0.1, 0.15) is 6.04 Å². The Morgan fingerprint density at radius 3 is 2.48 bits per heavy atom. The molecule has 0 aromatic rings. The van der Waals surface area contributed by atoms with Crippen LogP contribution in [0.4, 0.5) is 0 Å². The zero-order valence-corrected chi connectivity index (χ0v) is 13.9. The largest absolute Gasteiger partial charge is 0.481 e. The van der Waals surface area contributed by atoms with Crippen molar-refractivity contribution in [3.63, 3.8) is 0 Å². The molecule has 1 saturated heterocycles. The fraction of sp³-hybridized carbons (Fsp3) is 0.824. The molecule has 1 aliphatic heterocycles. The van der Waals surface area contributed by atoms with E-state index >= 15 is 0 Å². The molecule has 0 spiro atoms. The van der Waals surface area contributed by atoms with Gasteiger partial charge in [0.05, 0.1) is 5.92 Å². The highest BCUT2D eigenvalue weighted by Gasteiger charge is 2.31. The summed E-state index contributed by atoms with van der Waals surface area (Å²) in [6.45, 7) is 2.51. The molecule has 130 valence electrons. The zero-order valence-electron chi connectivity index (χ0n) is 13.9. The number of carboxylic acid groups (broad SMARTS) is 1. The third-order valence-corrected chi connectivity index (χ3v) is 5.03. The standard InChI is InChI=1S/C17H28N2O4/c1-12(18-15(20)10-13-6-3-2-4-7-13)16(21)19-9-5-8-14(11-19)17(22)23/h12-14H,2-11H2,1H3,(H,18,20)(H,22,23). The Bertz CT molecular complexity index is 446. The summed E-state index contributed by atoms with van der Waals surface area (Å²) in [4.78, 5) is 37.2. The van der Waals surface area contributed by atoms with Gasteiger partial charge in [0.15, 0.2) is 0 Å². The van der Waals surface area contributed by atoms with Crippen molar-refractivity contribution in [2.45, 2.75) is 64.3 Å². The number of hydrogen-bond donors (Lipinski definition) is 2. The van der Waals surface area contributed by atoms with Gasteiger partial charge in [-0.3, -0.25) is 14.4 Å². The number of nitrogens with zero attached hydrogens (tertiary/aromatic N) is 1. The number of carboxylic acids is 1. The van der Waals surface area contributed by atoms with Crippen molar-refractivity contribution < 1.29 is 19.5 Å². The zero-order chi connectivity index (χ0) is 16.8. The average Bonchev–Trinajstić information content (AvgIpc) is 2.55. The molecule has 0 aromatic carbocycles. The van der Waals surface area contributed by atoms with Crippen molar-refractivity contribution in [3.05, 3.63) is 0 Å². The van der Waals surface area contributed by atoms with Gasteiger partial charge in [-0.05, 0) is 38.5 Å². The van der Waals surface area contributed by atoms with E-state index in [1.54, 1.807) is 11.8 Å². The number of hydrogen-bond acceptors (Lipinski definition) is 3. The second-order valence-electron chi connectivity index (χ2n) is 6.96. The van der Waals surface area contributed by atoms with Crippen molar-refractivity contribution in [2.75, 3.05) is 13.1 Å². The Balaban J connectivity index is 1.79. The van der Waals surface area contributed by atoms with Gasteiger partial charge in [-0.25, -0.2) is 0 Å². The molecule has 2 atom stereocenters. The predicted molar refractivity (Wildman–Crippen MR) is 85.7 cm³/mol. The summed E-state index contributed by atoms with van der Waals surface area (Å²) < 4.78 is 0. The second-order valence-corrected chi connectivity index (χ2v) is 6.96. The van der Waals surface area contributed by atoms with Crippen LogP contribution in [-0.2, 0) is 14.4 Å². The van der Waals surface area contributed by atoms with Crippen LogP contribution in [0, 0.1) is 11.8 Å². The van der Waals surface area contributed by atoms with Crippen LogP contribution < -0.4 is 5.32 Å². The van der Waals surface area contributed by atoms with Crippen LogP contribution in [0.2, 0.25) is 0 Å². The Morgan fingerprint density at radius 2 is 1.83 bits per heavy atom. The van der Waals surface area contributed by atoms with Gasteiger partial charge in [-0.2, -0.15) is 0 Å². The van der Waals surface area contributed by atoms with Crippen molar-refractivity contribution in [1.29, 1.82) is 0 Å². The lowest BCUT2D eigenvalue weighted by molar-refractivity contribution is -0.146. The fourth-order valence-electron chi connectivity index (χ4n) is 3.67. The first-order chi connectivity index (χ1) is 11.0. The van der Waals surface area contributed by atoms with Crippen LogP contribution in [0.15, 0.2) is 0 Å². The summed E-state index contributed by atoms with van der Waals surface area (Å²) in [5.74, 6) is -1.13. The lowest BCUT2D eigenvalue weighted by atomic mass is 9.87. The average molecular weight is 324 g/mol. The van der Waals surface area contributed by atoms with Crippen LogP contribution >= 0.6 is 0 Å². The SMILES string of the molecule is CC(NC(=O)CC1CCCCC1)C(=O)N1CCCC(C(=O)O)C1. The number of rotatable bonds is 5. The third kappa shape index (κ3) is 5.22. The third-order valence-electron chi connectivity index (χ3n) is 5.03. The summed E-state index contributed by atoms with van der Waals surface area (Å²) in [6.07, 6.45) is 7.65. The molecule has 23 heavy (non-hydrogen) atoms. The molecule has 1 heterocycles. The molecule has 1 aliphatic carbocycles. The van der Waals surface area contributed by atoms with E-state index < -0.39 is 17.9 Å². The van der Waals surface area contributed by atoms with E-state index in [9.17, 15) is 14.4 Å². The smallest absolute Gasteiger partial charge is 0.308 e. The van der Waals surface area contributed by atoms with E-state index in [4.69, 9.17) is 5.11 Å². The molecule has 0 radical (unpaired) electrons. The van der Waals surface area contributed by atoms with Gasteiger partial charge in [0.2, 0.25) is 11.8 Å². The number of aliphatic carboxylic acids is 1. The van der Waals surface area contributed by atoms with E-state index in [-0.39, 0.29) is 18.4 Å². The number of amides is 2. The summed E-state index contributed by atoms with van der Waals surface area (Å²) in [5, 5.41) is 11.9. The first-order valence-corrected chi connectivity index (χ1v) is 8.78. The predicted octanol–water partition coefficient (Wildman–Crippen LogP) is 1.78. The van der Waals surface area contributed by atoms with Crippen LogP contribution in [0.3, 0.4) is 0 Å². The minimum Gasteiger partial charge on any atom is -0.481 e. The van der Waals surface area contributed by atoms with Crippen LogP contribution in [0.25, 0.3) is 0 Å². The number of nitrogens with one attached hydrogen (secondary N) is 1. The Morgan fingerprint density at radius 1 is 1.13 bits per heavy atom. The van der Waals surface area contributed by atoms with E-state index in [1.807, 2.05) is 0 Å². The quantitative estimate of drug-likeness (QED) is 0.807. The summed E-state index contributed by atoms with van der Waals surface area (Å²) in [6, 6.07) is -0.585. The Kier molecular flexibility index (Phi) is 6.42. The summed E-state index contributed by atoms with van der Waals surface area (Å²) in [5.41, 5.74) is 0. The number of carbonyl (C=O) groups is 3. The molecule has 0 bridgehead atoms. The van der Waals surface area contributed by atoms with Crippen molar-refractivity contribution in [1.82, 2.24) is 10.2 Å². The van der Waals surface area contributed by atoms with Crippen molar-refractivity contribution >= 4 is 17.8 Å². The van der Waals surface area contributed by atoms with Crippen LogP contribution in [0.1, 0.15) is 58.3 Å². The first kappa shape index (κ1) is 17.8. The molecule has 2 N–H and O–H groups in total. The lowest BCUT2D eigenvalue weighted by Crippen LogP contribution is -2.51. The number of likely N-dealkylation sites (tertiary alicyclic amines) is 1. The molecule has 2 unspecified atom stereocenters. The van der Waals surface area contributed by atoms with E-state index in [2.05, 4.69) is 5.32 Å². The summed E-state index contributed by atoms with van der Waals surface area (Å²) in [7, 11) is 0. The molecule has 2 rings (SSSR count). The maximum atomic E-state index is 12.4. The molecule has 6 nitrogen and oxygen atoms in total. The molecule has 2 amide bonds. The minimum absolute atomic E-state index is 0.0652. The van der Waals surface area contributed by atoms with Crippen molar-refractivity contribution in [3.8, 4) is 0 Å². The van der Waals surface area contributed by atoms with E-state index in [0.717, 1.165) is 12.8 Å². The minimum atomic E-state index is -0.850. The molecular weight excluding hydrogens is 296 g/mol. The lowest BCUT2D eigenvalue weighted by Gasteiger charge is -2.32. The topological polar surface area (TPSA) is 86.7 Å². The van der Waals surface area contributed by atoms with E-state index in [0.29, 0.717) is 31.7 Å². The monoisotopic (exact) mass is 324 g/mol. The molecule has 2 fully saturated rings. The number of carbonyl (C=O) groups excluding carboxylic acids is 2. The fourth-order valence-corrected chi connectivity index (χ4v) is 3.67. The molecule has 1 saturated carbocycles. The first-order valence-electron chi connectivity index (χ1n) is 8.78. The van der Waals surface area contributed by atoms with Gasteiger partial charge in [0.25, 0.3) is 0 Å². The normalized spacial score (nSPS) is 24.0. The highest BCUT2D eigenvalue weighted by atomic mass is 16.4. The summed E-state index contributed by atoms with van der Waals surface area (Å²) >= 11 is 0. The molecule has 6 heteroatoms. The van der Waals surface area contributed by atoms with Crippen molar-refractivity contribution in [2.24, 2.45) is 11.8 Å². The Labute approximate surface area is 137 Å².